The van der Waals surface area contributed by atoms with Gasteiger partial charge in [0.25, 0.3) is 0 Å². The van der Waals surface area contributed by atoms with E-state index in [1.807, 2.05) is 24.3 Å². The highest BCUT2D eigenvalue weighted by Gasteiger charge is 2.30. The lowest BCUT2D eigenvalue weighted by Crippen LogP contribution is -2.29. The normalized spacial score (nSPS) is 11.8. The van der Waals surface area contributed by atoms with Gasteiger partial charge in [-0.2, -0.15) is 0 Å². The van der Waals surface area contributed by atoms with Crippen molar-refractivity contribution in [1.82, 2.24) is 4.98 Å². The zero-order valence-electron chi connectivity index (χ0n) is 12.8. The largest absolute Gasteiger partial charge is 0.340 e. The molecule has 1 heterocycles. The number of carbonyl (C=O) groups excluding carboxylic acids is 1. The Morgan fingerprint density at radius 3 is 2.50 bits per heavy atom. The van der Waals surface area contributed by atoms with Crippen LogP contribution in [0.15, 0.2) is 24.3 Å². The summed E-state index contributed by atoms with van der Waals surface area (Å²) in [5.41, 5.74) is 0.833. The van der Waals surface area contributed by atoms with Crippen molar-refractivity contribution in [2.45, 2.75) is 13.8 Å². The molecule has 22 heavy (non-hydrogen) atoms. The molecule has 1 aromatic carbocycles. The van der Waals surface area contributed by atoms with Gasteiger partial charge < -0.3 is 9.05 Å². The summed E-state index contributed by atoms with van der Waals surface area (Å²) in [4.78, 5) is 18.2. The molecular weight excluding hydrogens is 323 g/mol. The Balaban J connectivity index is 2.15. The van der Waals surface area contributed by atoms with E-state index in [9.17, 15) is 9.36 Å². The molecule has 2 rings (SSSR count). The van der Waals surface area contributed by atoms with Crippen LogP contribution in [0, 0.1) is 0 Å². The summed E-state index contributed by atoms with van der Waals surface area (Å²) in [5.74, 6) is -0.343. The van der Waals surface area contributed by atoms with Crippen LogP contribution in [0.5, 0.6) is 0 Å². The first-order chi connectivity index (χ1) is 10.5. The van der Waals surface area contributed by atoms with Crippen LogP contribution < -0.4 is 4.90 Å². The van der Waals surface area contributed by atoms with E-state index in [2.05, 4.69) is 4.98 Å². The van der Waals surface area contributed by atoms with E-state index in [1.54, 1.807) is 20.9 Å². The summed E-state index contributed by atoms with van der Waals surface area (Å²) in [5, 5.41) is 0.561. The molecule has 120 valence electrons. The second kappa shape index (κ2) is 7.33. The highest BCUT2D eigenvalue weighted by Crippen LogP contribution is 2.48. The smallest absolute Gasteiger partial charge is 0.309 e. The van der Waals surface area contributed by atoms with Crippen LogP contribution in [-0.2, 0) is 18.4 Å². The summed E-state index contributed by atoms with van der Waals surface area (Å²) in [7, 11) is -1.79. The van der Waals surface area contributed by atoms with Gasteiger partial charge in [-0.3, -0.25) is 14.3 Å². The van der Waals surface area contributed by atoms with Gasteiger partial charge in [0.05, 0.1) is 23.4 Å². The predicted molar refractivity (Wildman–Crippen MR) is 88.8 cm³/mol. The number of hydrogen-bond acceptors (Lipinski definition) is 6. The van der Waals surface area contributed by atoms with Gasteiger partial charge in [-0.05, 0) is 26.0 Å². The molecule has 0 fully saturated rings. The lowest BCUT2D eigenvalue weighted by atomic mass is 10.3. The van der Waals surface area contributed by atoms with E-state index >= 15 is 0 Å². The Bertz CT molecular complexity index is 660. The molecule has 0 aliphatic carbocycles. The van der Waals surface area contributed by atoms with E-state index in [1.165, 1.54) is 16.2 Å². The van der Waals surface area contributed by atoms with E-state index in [-0.39, 0.29) is 25.3 Å². The van der Waals surface area contributed by atoms with E-state index in [4.69, 9.17) is 9.05 Å². The van der Waals surface area contributed by atoms with Crippen molar-refractivity contribution in [2.24, 2.45) is 0 Å². The number of rotatable bonds is 7. The molecule has 0 radical (unpaired) electrons. The van der Waals surface area contributed by atoms with Crippen LogP contribution in [-0.4, -0.2) is 37.3 Å². The monoisotopic (exact) mass is 342 g/mol. The number of aromatic nitrogens is 1. The Morgan fingerprint density at radius 1 is 1.27 bits per heavy atom. The molecule has 0 N–H and O–H groups in total. The van der Waals surface area contributed by atoms with E-state index in [0.29, 0.717) is 5.13 Å². The molecule has 0 spiro atoms. The van der Waals surface area contributed by atoms with Gasteiger partial charge in [0.1, 0.15) is 6.16 Å². The topological polar surface area (TPSA) is 68.7 Å². The zero-order valence-corrected chi connectivity index (χ0v) is 14.5. The molecule has 0 aliphatic rings. The van der Waals surface area contributed by atoms with Crippen molar-refractivity contribution in [3.05, 3.63) is 24.3 Å². The molecule has 6 nitrogen and oxygen atoms in total. The fourth-order valence-corrected chi connectivity index (χ4v) is 4.44. The van der Waals surface area contributed by atoms with Gasteiger partial charge in [-0.1, -0.05) is 23.5 Å². The lowest BCUT2D eigenvalue weighted by molar-refractivity contribution is -0.116. The third kappa shape index (κ3) is 3.93. The number of para-hydroxylation sites is 1. The van der Waals surface area contributed by atoms with Crippen molar-refractivity contribution in [3.63, 3.8) is 0 Å². The first-order valence-corrected chi connectivity index (χ1v) is 9.53. The van der Waals surface area contributed by atoms with Crippen LogP contribution >= 0.6 is 18.9 Å². The maximum absolute atomic E-state index is 12.4. The van der Waals surface area contributed by atoms with Gasteiger partial charge in [0, 0.05) is 7.05 Å². The molecule has 2 aromatic rings. The van der Waals surface area contributed by atoms with Gasteiger partial charge in [-0.15, -0.1) is 0 Å². The summed E-state index contributed by atoms with van der Waals surface area (Å²) in [6.07, 6.45) is -0.291. The summed E-state index contributed by atoms with van der Waals surface area (Å²) in [6, 6.07) is 7.65. The number of nitrogens with zero attached hydrogens (tertiary/aromatic N) is 2. The Morgan fingerprint density at radius 2 is 1.91 bits per heavy atom. The maximum Gasteiger partial charge on any atom is 0.340 e. The molecule has 0 saturated heterocycles. The van der Waals surface area contributed by atoms with Gasteiger partial charge in [-0.25, -0.2) is 4.98 Å². The average Bonchev–Trinajstić information content (AvgIpc) is 2.90. The van der Waals surface area contributed by atoms with Crippen LogP contribution in [0.3, 0.4) is 0 Å². The fraction of sp³-hybridized carbons (Fsp3) is 0.429. The van der Waals surface area contributed by atoms with Crippen molar-refractivity contribution in [2.75, 3.05) is 31.3 Å². The second-order valence-corrected chi connectivity index (χ2v) is 7.59. The zero-order chi connectivity index (χ0) is 16.2. The number of anilines is 1. The van der Waals surface area contributed by atoms with E-state index < -0.39 is 7.60 Å². The molecule has 0 bridgehead atoms. The standard InChI is InChI=1S/C14H19N2O4PS/c1-4-19-21(18,20-5-2)10-13(17)16(3)14-15-11-8-6-7-9-12(11)22-14/h6-9H,4-5,10H2,1-3H3. The van der Waals surface area contributed by atoms with Crippen molar-refractivity contribution < 1.29 is 18.4 Å². The molecule has 1 aromatic heterocycles. The summed E-state index contributed by atoms with van der Waals surface area (Å²) < 4.78 is 23.7. The number of benzene rings is 1. The Labute approximate surface area is 133 Å². The van der Waals surface area contributed by atoms with E-state index in [0.717, 1.165) is 10.2 Å². The minimum Gasteiger partial charge on any atom is -0.309 e. The number of fused-ring (bicyclic) bond motifs is 1. The second-order valence-electron chi connectivity index (χ2n) is 4.52. The first kappa shape index (κ1) is 17.1. The number of amides is 1. The van der Waals surface area contributed by atoms with Crippen LogP contribution in [0.4, 0.5) is 5.13 Å². The van der Waals surface area contributed by atoms with Crippen LogP contribution in [0.2, 0.25) is 0 Å². The Kier molecular flexibility index (Phi) is 5.69. The lowest BCUT2D eigenvalue weighted by Gasteiger charge is -2.19. The molecule has 0 aliphatic heterocycles. The van der Waals surface area contributed by atoms with Gasteiger partial charge in [0.2, 0.25) is 5.91 Å². The summed E-state index contributed by atoms with van der Waals surface area (Å²) in [6.45, 7) is 3.89. The maximum atomic E-state index is 12.4. The molecule has 0 saturated carbocycles. The third-order valence-corrected chi connectivity index (χ3v) is 6.00. The van der Waals surface area contributed by atoms with Crippen LogP contribution in [0.1, 0.15) is 13.8 Å². The third-order valence-electron chi connectivity index (χ3n) is 2.92. The van der Waals surface area contributed by atoms with Gasteiger partial charge in [0.15, 0.2) is 5.13 Å². The minimum atomic E-state index is -3.40. The molecule has 0 atom stereocenters. The van der Waals surface area contributed by atoms with Crippen LogP contribution in [0.25, 0.3) is 10.2 Å². The molecule has 0 unspecified atom stereocenters. The van der Waals surface area contributed by atoms with Gasteiger partial charge >= 0.3 is 7.60 Å². The molecular formula is C14H19N2O4PS. The highest BCUT2D eigenvalue weighted by atomic mass is 32.1. The quantitative estimate of drug-likeness (QED) is 0.720. The number of thiazole rings is 1. The highest BCUT2D eigenvalue weighted by molar-refractivity contribution is 7.54. The first-order valence-electron chi connectivity index (χ1n) is 6.99. The number of carbonyl (C=O) groups is 1. The predicted octanol–water partition coefficient (Wildman–Crippen LogP) is 3.53. The molecule has 8 heteroatoms. The minimum absolute atomic E-state index is 0.232. The molecule has 1 amide bonds. The number of hydrogen-bond donors (Lipinski definition) is 0. The average molecular weight is 342 g/mol. The summed E-state index contributed by atoms with van der Waals surface area (Å²) >= 11 is 1.41. The SMILES string of the molecule is CCOP(=O)(CC(=O)N(C)c1nc2ccccc2s1)OCC. The van der Waals surface area contributed by atoms with Crippen molar-refractivity contribution in [3.8, 4) is 0 Å². The van der Waals surface area contributed by atoms with Crippen molar-refractivity contribution >= 4 is 40.2 Å². The van der Waals surface area contributed by atoms with Crippen molar-refractivity contribution in [1.29, 1.82) is 0 Å². The fourth-order valence-electron chi connectivity index (χ4n) is 1.90. The Hall–Kier alpha value is -1.27.